The van der Waals surface area contributed by atoms with Crippen LogP contribution >= 0.6 is 0 Å². The molecule has 0 aliphatic heterocycles. The summed E-state index contributed by atoms with van der Waals surface area (Å²) in [5, 5.41) is 4.36. The summed E-state index contributed by atoms with van der Waals surface area (Å²) >= 11 is 0. The van der Waals surface area contributed by atoms with Crippen molar-refractivity contribution in [3.63, 3.8) is 0 Å². The maximum atomic E-state index is 11.3. The van der Waals surface area contributed by atoms with E-state index in [-0.39, 0.29) is 0 Å². The highest BCUT2D eigenvalue weighted by Crippen LogP contribution is 2.08. The lowest BCUT2D eigenvalue weighted by Gasteiger charge is -2.15. The standard InChI is InChI=1S/C11H14O4/c1-11(2,3)14-15-13-10(12)9-7-5-4-6-8-9/h4-8H,1-3H3. The second kappa shape index (κ2) is 4.91. The van der Waals surface area contributed by atoms with Crippen molar-refractivity contribution < 1.29 is 19.6 Å². The first kappa shape index (κ1) is 11.7. The van der Waals surface area contributed by atoms with Gasteiger partial charge in [-0.3, -0.25) is 4.89 Å². The van der Waals surface area contributed by atoms with Crippen LogP contribution in [0, 0.1) is 0 Å². The predicted octanol–water partition coefficient (Wildman–Crippen LogP) is 2.51. The minimum atomic E-state index is -0.583. The van der Waals surface area contributed by atoms with Gasteiger partial charge in [-0.1, -0.05) is 18.2 Å². The van der Waals surface area contributed by atoms with Crippen LogP contribution < -0.4 is 0 Å². The Labute approximate surface area is 88.6 Å². The first-order valence-electron chi connectivity index (χ1n) is 4.61. The molecule has 0 spiro atoms. The van der Waals surface area contributed by atoms with E-state index >= 15 is 0 Å². The molecule has 1 aromatic rings. The molecule has 0 atom stereocenters. The molecule has 0 fully saturated rings. The van der Waals surface area contributed by atoms with E-state index in [1.807, 2.05) is 6.07 Å². The van der Waals surface area contributed by atoms with E-state index in [1.54, 1.807) is 45.0 Å². The fourth-order valence-electron chi connectivity index (χ4n) is 0.772. The minimum absolute atomic E-state index is 0.412. The number of benzene rings is 1. The lowest BCUT2D eigenvalue weighted by molar-refractivity contribution is -0.510. The maximum Gasteiger partial charge on any atom is 0.376 e. The van der Waals surface area contributed by atoms with Crippen LogP contribution in [0.4, 0.5) is 0 Å². The second-order valence-electron chi connectivity index (χ2n) is 4.00. The SMILES string of the molecule is CC(C)(C)OOOC(=O)c1ccccc1. The number of carbonyl (C=O) groups is 1. The quantitative estimate of drug-likeness (QED) is 0.568. The molecule has 0 radical (unpaired) electrons. The third kappa shape index (κ3) is 4.58. The molecule has 0 bridgehead atoms. The summed E-state index contributed by atoms with van der Waals surface area (Å²) in [6.45, 7) is 5.34. The van der Waals surface area contributed by atoms with Crippen LogP contribution in [0.15, 0.2) is 30.3 Å². The molecule has 0 unspecified atom stereocenters. The lowest BCUT2D eigenvalue weighted by atomic mass is 10.2. The molecule has 0 aromatic heterocycles. The lowest BCUT2D eigenvalue weighted by Crippen LogP contribution is -2.20. The van der Waals surface area contributed by atoms with E-state index in [1.165, 1.54) is 0 Å². The molecule has 1 aromatic carbocycles. The summed E-state index contributed by atoms with van der Waals surface area (Å²) in [5.41, 5.74) is -0.105. The molecule has 0 aliphatic rings. The van der Waals surface area contributed by atoms with Gasteiger partial charge >= 0.3 is 5.97 Å². The molecule has 0 saturated carbocycles. The zero-order valence-electron chi connectivity index (χ0n) is 9.02. The van der Waals surface area contributed by atoms with Crippen molar-refractivity contribution in [1.29, 1.82) is 0 Å². The summed E-state index contributed by atoms with van der Waals surface area (Å²) < 4.78 is 0. The van der Waals surface area contributed by atoms with Crippen LogP contribution in [-0.2, 0) is 14.8 Å². The number of carbonyl (C=O) groups excluding carboxylic acids is 1. The van der Waals surface area contributed by atoms with Crippen LogP contribution in [0.2, 0.25) is 0 Å². The Morgan fingerprint density at radius 1 is 1.13 bits per heavy atom. The largest absolute Gasteiger partial charge is 0.376 e. The van der Waals surface area contributed by atoms with E-state index in [0.29, 0.717) is 5.56 Å². The fourth-order valence-corrected chi connectivity index (χ4v) is 0.772. The van der Waals surface area contributed by atoms with Crippen LogP contribution in [-0.4, -0.2) is 11.6 Å². The van der Waals surface area contributed by atoms with E-state index < -0.39 is 11.6 Å². The first-order valence-corrected chi connectivity index (χ1v) is 4.61. The Hall–Kier alpha value is -1.39. The van der Waals surface area contributed by atoms with Crippen LogP contribution in [0.25, 0.3) is 0 Å². The zero-order valence-corrected chi connectivity index (χ0v) is 9.02. The van der Waals surface area contributed by atoms with E-state index in [9.17, 15) is 4.79 Å². The second-order valence-corrected chi connectivity index (χ2v) is 4.00. The van der Waals surface area contributed by atoms with Gasteiger partial charge in [-0.15, -0.1) is 0 Å². The molecule has 4 heteroatoms. The van der Waals surface area contributed by atoms with Gasteiger partial charge in [-0.05, 0) is 37.9 Å². The highest BCUT2D eigenvalue weighted by atomic mass is 17.5. The van der Waals surface area contributed by atoms with Gasteiger partial charge < -0.3 is 0 Å². The van der Waals surface area contributed by atoms with Gasteiger partial charge in [0.25, 0.3) is 0 Å². The topological polar surface area (TPSA) is 44.8 Å². The van der Waals surface area contributed by atoms with Gasteiger partial charge in [0, 0.05) is 0 Å². The smallest absolute Gasteiger partial charge is 0.263 e. The summed E-state index contributed by atoms with van der Waals surface area (Å²) in [5.74, 6) is -0.583. The molecule has 0 saturated heterocycles. The number of hydrogen-bond acceptors (Lipinski definition) is 4. The number of hydrogen-bond donors (Lipinski definition) is 0. The Morgan fingerprint density at radius 2 is 1.73 bits per heavy atom. The van der Waals surface area contributed by atoms with Crippen molar-refractivity contribution in [1.82, 2.24) is 0 Å². The molecule has 1 rings (SSSR count). The van der Waals surface area contributed by atoms with Crippen molar-refractivity contribution >= 4 is 5.97 Å². The Balaban J connectivity index is 2.38. The molecular weight excluding hydrogens is 196 g/mol. The van der Waals surface area contributed by atoms with E-state index in [2.05, 4.69) is 9.93 Å². The monoisotopic (exact) mass is 210 g/mol. The van der Waals surface area contributed by atoms with Gasteiger partial charge in [0.05, 0.1) is 11.2 Å². The van der Waals surface area contributed by atoms with Gasteiger partial charge in [0.15, 0.2) is 0 Å². The highest BCUT2D eigenvalue weighted by Gasteiger charge is 2.14. The van der Waals surface area contributed by atoms with Crippen molar-refractivity contribution in [2.24, 2.45) is 0 Å². The normalized spacial score (nSPS) is 11.1. The van der Waals surface area contributed by atoms with Crippen LogP contribution in [0.3, 0.4) is 0 Å². The third-order valence-corrected chi connectivity index (χ3v) is 1.40. The first-order chi connectivity index (χ1) is 6.99. The third-order valence-electron chi connectivity index (χ3n) is 1.40. The average molecular weight is 210 g/mol. The molecule has 0 aliphatic carbocycles. The van der Waals surface area contributed by atoms with Gasteiger partial charge in [-0.2, -0.15) is 4.89 Å². The van der Waals surface area contributed by atoms with E-state index in [4.69, 9.17) is 4.89 Å². The maximum absolute atomic E-state index is 11.3. The molecule has 82 valence electrons. The molecule has 15 heavy (non-hydrogen) atoms. The summed E-state index contributed by atoms with van der Waals surface area (Å²) in [6, 6.07) is 8.54. The highest BCUT2D eigenvalue weighted by molar-refractivity contribution is 5.88. The molecular formula is C11H14O4. The Kier molecular flexibility index (Phi) is 3.82. The number of rotatable bonds is 3. The molecule has 0 amide bonds. The summed E-state index contributed by atoms with van der Waals surface area (Å²) in [7, 11) is 0. The Morgan fingerprint density at radius 3 is 2.27 bits per heavy atom. The van der Waals surface area contributed by atoms with Crippen LogP contribution in [0.1, 0.15) is 31.1 Å². The van der Waals surface area contributed by atoms with Crippen molar-refractivity contribution in [2.75, 3.05) is 0 Å². The minimum Gasteiger partial charge on any atom is -0.263 e. The predicted molar refractivity (Wildman–Crippen MR) is 53.8 cm³/mol. The van der Waals surface area contributed by atoms with Crippen molar-refractivity contribution in [3.05, 3.63) is 35.9 Å². The molecule has 0 N–H and O–H groups in total. The van der Waals surface area contributed by atoms with Crippen molar-refractivity contribution in [2.45, 2.75) is 26.4 Å². The average Bonchev–Trinajstić information content (AvgIpc) is 2.17. The van der Waals surface area contributed by atoms with Crippen LogP contribution in [0.5, 0.6) is 0 Å². The zero-order chi connectivity index (χ0) is 11.3. The summed E-state index contributed by atoms with van der Waals surface area (Å²) in [4.78, 5) is 20.5. The van der Waals surface area contributed by atoms with Gasteiger partial charge in [0.1, 0.15) is 0 Å². The fraction of sp³-hybridized carbons (Fsp3) is 0.364. The van der Waals surface area contributed by atoms with Gasteiger partial charge in [0.2, 0.25) is 0 Å². The van der Waals surface area contributed by atoms with Crippen molar-refractivity contribution in [3.8, 4) is 0 Å². The van der Waals surface area contributed by atoms with Gasteiger partial charge in [-0.25, -0.2) is 4.79 Å². The molecule has 0 heterocycles. The summed E-state index contributed by atoms with van der Waals surface area (Å²) in [6.07, 6.45) is 0. The van der Waals surface area contributed by atoms with E-state index in [0.717, 1.165) is 0 Å². The Bertz CT molecular complexity index is 313. The molecule has 4 nitrogen and oxygen atoms in total.